The molecule has 1 heterocycles. The first-order valence-electron chi connectivity index (χ1n) is 10.2. The van der Waals surface area contributed by atoms with Crippen molar-refractivity contribution in [3.05, 3.63) is 17.7 Å². The van der Waals surface area contributed by atoms with Crippen LogP contribution in [0.4, 0.5) is 0 Å². The van der Waals surface area contributed by atoms with E-state index in [-0.39, 0.29) is 0 Å². The third-order valence-corrected chi connectivity index (χ3v) is 5.19. The molecule has 0 spiro atoms. The zero-order valence-corrected chi connectivity index (χ0v) is 18.0. The van der Waals surface area contributed by atoms with Gasteiger partial charge in [-0.15, -0.1) is 0 Å². The zero-order valence-electron chi connectivity index (χ0n) is 18.0. The number of nitrogens with one attached hydrogen (secondary N) is 2. The highest BCUT2D eigenvalue weighted by Gasteiger charge is 2.22. The number of aliphatic imine (C=N–C) groups is 1. The van der Waals surface area contributed by atoms with Gasteiger partial charge >= 0.3 is 0 Å². The number of ether oxygens (including phenoxy) is 3. The number of guanidine groups is 1. The lowest BCUT2D eigenvalue weighted by Gasteiger charge is -2.21. The average molecular weight is 393 g/mol. The van der Waals surface area contributed by atoms with Crippen molar-refractivity contribution >= 4 is 5.96 Å². The molecule has 1 aliphatic heterocycles. The first-order valence-corrected chi connectivity index (χ1v) is 10.2. The number of rotatable bonds is 10. The largest absolute Gasteiger partial charge is 0.496 e. The van der Waals surface area contributed by atoms with Crippen LogP contribution in [-0.4, -0.2) is 71.0 Å². The van der Waals surface area contributed by atoms with Crippen LogP contribution in [0.25, 0.3) is 0 Å². The minimum atomic E-state index is 0.558. The van der Waals surface area contributed by atoms with Gasteiger partial charge in [0.25, 0.3) is 0 Å². The zero-order chi connectivity index (χ0) is 20.4. The predicted molar refractivity (Wildman–Crippen MR) is 114 cm³/mol. The standard InChI is InChI=1S/C21H36N4O3/c1-6-22-21(24-15-16-9-8-12-25(16)7-2)23-11-10-18-19(27-4)13-17(26-3)14-20(18)28-5/h13-14,16H,6-12,15H2,1-5H3,(H2,22,23,24). The summed E-state index contributed by atoms with van der Waals surface area (Å²) in [6, 6.07) is 4.33. The summed E-state index contributed by atoms with van der Waals surface area (Å²) in [5, 5.41) is 6.77. The molecule has 0 bridgehead atoms. The van der Waals surface area contributed by atoms with Crippen LogP contribution in [0.2, 0.25) is 0 Å². The molecular weight excluding hydrogens is 356 g/mol. The number of benzene rings is 1. The van der Waals surface area contributed by atoms with E-state index >= 15 is 0 Å². The normalized spacial score (nSPS) is 17.5. The number of hydrogen-bond acceptors (Lipinski definition) is 5. The van der Waals surface area contributed by atoms with Crippen molar-refractivity contribution < 1.29 is 14.2 Å². The van der Waals surface area contributed by atoms with Crippen molar-refractivity contribution in [2.24, 2.45) is 4.99 Å². The molecule has 7 nitrogen and oxygen atoms in total. The third-order valence-electron chi connectivity index (χ3n) is 5.19. The number of nitrogens with zero attached hydrogens (tertiary/aromatic N) is 2. The smallest absolute Gasteiger partial charge is 0.191 e. The first-order chi connectivity index (χ1) is 13.7. The molecule has 2 rings (SSSR count). The summed E-state index contributed by atoms with van der Waals surface area (Å²) >= 11 is 0. The van der Waals surface area contributed by atoms with Crippen molar-refractivity contribution in [2.45, 2.75) is 39.2 Å². The summed E-state index contributed by atoms with van der Waals surface area (Å²) in [7, 11) is 4.97. The Morgan fingerprint density at radius 2 is 1.82 bits per heavy atom. The summed E-state index contributed by atoms with van der Waals surface area (Å²) in [5.41, 5.74) is 1.02. The second-order valence-electron chi connectivity index (χ2n) is 6.83. The molecule has 1 saturated heterocycles. The fourth-order valence-electron chi connectivity index (χ4n) is 3.69. The lowest BCUT2D eigenvalue weighted by Crippen LogP contribution is -2.40. The highest BCUT2D eigenvalue weighted by atomic mass is 16.5. The number of methoxy groups -OCH3 is 3. The van der Waals surface area contributed by atoms with Crippen LogP contribution < -0.4 is 24.8 Å². The van der Waals surface area contributed by atoms with Crippen LogP contribution in [0.5, 0.6) is 17.2 Å². The van der Waals surface area contributed by atoms with E-state index in [1.54, 1.807) is 21.3 Å². The molecule has 0 amide bonds. The summed E-state index contributed by atoms with van der Waals surface area (Å²) in [5.74, 6) is 3.11. The number of hydrogen-bond donors (Lipinski definition) is 2. The molecular formula is C21H36N4O3. The number of likely N-dealkylation sites (tertiary alicyclic amines) is 1. The Kier molecular flexibility index (Phi) is 9.20. The molecule has 1 aliphatic rings. The van der Waals surface area contributed by atoms with E-state index in [4.69, 9.17) is 19.2 Å². The van der Waals surface area contributed by atoms with Crippen molar-refractivity contribution in [3.63, 3.8) is 0 Å². The lowest BCUT2D eigenvalue weighted by atomic mass is 10.1. The van der Waals surface area contributed by atoms with Crippen LogP contribution in [0, 0.1) is 0 Å². The molecule has 1 atom stereocenters. The molecule has 0 saturated carbocycles. The van der Waals surface area contributed by atoms with Crippen LogP contribution in [0.1, 0.15) is 32.3 Å². The Bertz CT molecular complexity index is 611. The molecule has 1 aromatic carbocycles. The molecule has 2 N–H and O–H groups in total. The molecule has 1 unspecified atom stereocenters. The van der Waals surface area contributed by atoms with E-state index < -0.39 is 0 Å². The Morgan fingerprint density at radius 1 is 1.11 bits per heavy atom. The maximum Gasteiger partial charge on any atom is 0.191 e. The Hall–Kier alpha value is -2.15. The van der Waals surface area contributed by atoms with E-state index in [1.807, 2.05) is 12.1 Å². The van der Waals surface area contributed by atoms with Gasteiger partial charge in [0.15, 0.2) is 5.96 Å². The van der Waals surface area contributed by atoms with Gasteiger partial charge in [-0.3, -0.25) is 9.89 Å². The van der Waals surface area contributed by atoms with Crippen LogP contribution >= 0.6 is 0 Å². The highest BCUT2D eigenvalue weighted by molar-refractivity contribution is 5.79. The first kappa shape index (κ1) is 22.1. The molecule has 1 fully saturated rings. The summed E-state index contributed by atoms with van der Waals surface area (Å²) in [6.07, 6.45) is 3.26. The third kappa shape index (κ3) is 5.92. The molecule has 28 heavy (non-hydrogen) atoms. The minimum absolute atomic E-state index is 0.558. The fraction of sp³-hybridized carbons (Fsp3) is 0.667. The maximum absolute atomic E-state index is 5.54. The topological polar surface area (TPSA) is 67.4 Å². The van der Waals surface area contributed by atoms with Gasteiger partial charge in [0, 0.05) is 36.8 Å². The van der Waals surface area contributed by atoms with Crippen molar-refractivity contribution in [3.8, 4) is 17.2 Å². The van der Waals surface area contributed by atoms with Crippen LogP contribution in [0.3, 0.4) is 0 Å². The molecule has 0 radical (unpaired) electrons. The maximum atomic E-state index is 5.54. The Balaban J connectivity index is 1.99. The van der Waals surface area contributed by atoms with Crippen molar-refractivity contribution in [2.75, 3.05) is 54.1 Å². The van der Waals surface area contributed by atoms with Gasteiger partial charge in [-0.25, -0.2) is 0 Å². The van der Waals surface area contributed by atoms with E-state index in [2.05, 4.69) is 29.4 Å². The van der Waals surface area contributed by atoms with Gasteiger partial charge < -0.3 is 24.8 Å². The van der Waals surface area contributed by atoms with Crippen molar-refractivity contribution in [1.82, 2.24) is 15.5 Å². The number of likely N-dealkylation sites (N-methyl/N-ethyl adjacent to an activating group) is 1. The predicted octanol–water partition coefficient (Wildman–Crippen LogP) is 2.29. The quantitative estimate of drug-likeness (QED) is 0.470. The van der Waals surface area contributed by atoms with Crippen LogP contribution in [0.15, 0.2) is 17.1 Å². The van der Waals surface area contributed by atoms with E-state index in [0.29, 0.717) is 6.04 Å². The summed E-state index contributed by atoms with van der Waals surface area (Å²) in [4.78, 5) is 7.32. The van der Waals surface area contributed by atoms with Gasteiger partial charge in [0.1, 0.15) is 17.2 Å². The van der Waals surface area contributed by atoms with Gasteiger partial charge in [0.05, 0.1) is 27.9 Å². The minimum Gasteiger partial charge on any atom is -0.496 e. The van der Waals surface area contributed by atoms with Gasteiger partial charge in [0.2, 0.25) is 0 Å². The van der Waals surface area contributed by atoms with E-state index in [0.717, 1.165) is 61.4 Å². The molecule has 158 valence electrons. The Labute approximate surface area is 169 Å². The summed E-state index contributed by atoms with van der Waals surface area (Å²) in [6.45, 7) is 9.00. The average Bonchev–Trinajstić information content (AvgIpc) is 3.19. The highest BCUT2D eigenvalue weighted by Crippen LogP contribution is 2.34. The molecule has 1 aromatic rings. The fourth-order valence-corrected chi connectivity index (χ4v) is 3.69. The molecule has 0 aliphatic carbocycles. The second kappa shape index (κ2) is 11.6. The van der Waals surface area contributed by atoms with Gasteiger partial charge in [-0.1, -0.05) is 6.92 Å². The van der Waals surface area contributed by atoms with Gasteiger partial charge in [-0.05, 0) is 39.3 Å². The van der Waals surface area contributed by atoms with E-state index in [9.17, 15) is 0 Å². The lowest BCUT2D eigenvalue weighted by molar-refractivity contribution is 0.273. The van der Waals surface area contributed by atoms with Gasteiger partial charge in [-0.2, -0.15) is 0 Å². The van der Waals surface area contributed by atoms with Crippen LogP contribution in [-0.2, 0) is 6.42 Å². The summed E-state index contributed by atoms with van der Waals surface area (Å²) < 4.78 is 16.4. The molecule has 0 aromatic heterocycles. The Morgan fingerprint density at radius 3 is 2.39 bits per heavy atom. The second-order valence-corrected chi connectivity index (χ2v) is 6.83. The van der Waals surface area contributed by atoms with Crippen molar-refractivity contribution in [1.29, 1.82) is 0 Å². The van der Waals surface area contributed by atoms with E-state index in [1.165, 1.54) is 19.4 Å². The monoisotopic (exact) mass is 392 g/mol. The molecule has 7 heteroatoms. The SMILES string of the molecule is CCNC(=NCC1CCCN1CC)NCCc1c(OC)cc(OC)cc1OC.